The molecule has 0 aromatic carbocycles. The predicted molar refractivity (Wildman–Crippen MR) is 81.7 cm³/mol. The van der Waals surface area contributed by atoms with Crippen molar-refractivity contribution in [2.45, 2.75) is 51.4 Å². The fourth-order valence-corrected chi connectivity index (χ4v) is 5.34. The van der Waals surface area contributed by atoms with E-state index < -0.39 is 5.91 Å². The fraction of sp³-hybridized carbons (Fsp3) is 0.750. The van der Waals surface area contributed by atoms with Crippen molar-refractivity contribution in [3.8, 4) is 0 Å². The Hall–Kier alpha value is -1.92. The van der Waals surface area contributed by atoms with Crippen LogP contribution in [0.1, 0.15) is 51.4 Å². The number of hydrogen-bond donors (Lipinski definition) is 3. The zero-order valence-electron chi connectivity index (χ0n) is 13.1. The molecule has 0 unspecified atom stereocenters. The second kappa shape index (κ2) is 5.32. The Kier molecular flexibility index (Phi) is 3.39. The van der Waals surface area contributed by atoms with E-state index in [2.05, 4.69) is 21.4 Å². The van der Waals surface area contributed by atoms with Crippen molar-refractivity contribution in [2.24, 2.45) is 28.3 Å². The average Bonchev–Trinajstić information content (AvgIpc) is 2.51. The number of hydrogen-bond acceptors (Lipinski definition) is 4. The maximum Gasteiger partial charge on any atom is 0.285 e. The van der Waals surface area contributed by atoms with Crippen molar-refractivity contribution in [1.29, 1.82) is 0 Å². The standard InChI is InChI=1S/C16H22N4O3/c21-13-2-1-12(17-18-13)14(22)19-20-15(23)16-6-9-3-10(7-16)5-11(4-9)8-16/h9-11H,1-8H2,(H,18,21)(H,19,22)(H,20,23). The average molecular weight is 318 g/mol. The molecule has 4 aliphatic carbocycles. The lowest BCUT2D eigenvalue weighted by atomic mass is 9.49. The van der Waals surface area contributed by atoms with Crippen molar-refractivity contribution in [1.82, 2.24) is 16.3 Å². The Morgan fingerprint density at radius 1 is 1.00 bits per heavy atom. The predicted octanol–water partition coefficient (Wildman–Crippen LogP) is 0.616. The maximum atomic E-state index is 12.7. The summed E-state index contributed by atoms with van der Waals surface area (Å²) in [5.41, 5.74) is 7.33. The molecular formula is C16H22N4O3. The highest BCUT2D eigenvalue weighted by Gasteiger charge is 2.54. The van der Waals surface area contributed by atoms with Gasteiger partial charge in [-0.2, -0.15) is 5.10 Å². The Labute approximate surface area is 134 Å². The van der Waals surface area contributed by atoms with Crippen LogP contribution in [-0.4, -0.2) is 23.4 Å². The quantitative estimate of drug-likeness (QED) is 0.651. The van der Waals surface area contributed by atoms with Crippen LogP contribution in [0.15, 0.2) is 5.10 Å². The lowest BCUT2D eigenvalue weighted by Crippen LogP contribution is -2.57. The van der Waals surface area contributed by atoms with E-state index in [4.69, 9.17) is 0 Å². The van der Waals surface area contributed by atoms with E-state index >= 15 is 0 Å². The number of amides is 3. The summed E-state index contributed by atoms with van der Waals surface area (Å²) in [6.07, 6.45) is 7.23. The molecule has 23 heavy (non-hydrogen) atoms. The van der Waals surface area contributed by atoms with Gasteiger partial charge in [0.15, 0.2) is 0 Å². The molecule has 0 spiro atoms. The van der Waals surface area contributed by atoms with E-state index in [0.29, 0.717) is 24.2 Å². The largest absolute Gasteiger partial charge is 0.285 e. The molecule has 4 saturated carbocycles. The van der Waals surface area contributed by atoms with Gasteiger partial charge in [0, 0.05) is 12.8 Å². The SMILES string of the molecule is O=C1CCC(C(=O)NNC(=O)C23CC4CC(CC(C4)C2)C3)=NN1. The Bertz CT molecular complexity index is 563. The number of rotatable bonds is 2. The first-order valence-electron chi connectivity index (χ1n) is 8.50. The summed E-state index contributed by atoms with van der Waals surface area (Å²) in [7, 11) is 0. The third-order valence-corrected chi connectivity index (χ3v) is 5.98. The first-order chi connectivity index (χ1) is 11.0. The van der Waals surface area contributed by atoms with Crippen LogP contribution in [0.5, 0.6) is 0 Å². The smallest absolute Gasteiger partial charge is 0.273 e. The van der Waals surface area contributed by atoms with Gasteiger partial charge < -0.3 is 0 Å². The molecule has 3 amide bonds. The van der Waals surface area contributed by atoms with E-state index in [-0.39, 0.29) is 29.4 Å². The highest BCUT2D eigenvalue weighted by Crippen LogP contribution is 2.59. The lowest BCUT2D eigenvalue weighted by molar-refractivity contribution is -0.148. The van der Waals surface area contributed by atoms with Crippen LogP contribution in [0.2, 0.25) is 0 Å². The summed E-state index contributed by atoms with van der Waals surface area (Å²) in [5, 5.41) is 3.73. The van der Waals surface area contributed by atoms with E-state index in [1.165, 1.54) is 19.3 Å². The minimum atomic E-state index is -0.442. The molecule has 7 heteroatoms. The summed E-state index contributed by atoms with van der Waals surface area (Å²) in [5.74, 6) is 1.36. The highest BCUT2D eigenvalue weighted by molar-refractivity contribution is 6.39. The fourth-order valence-electron chi connectivity index (χ4n) is 5.34. The zero-order chi connectivity index (χ0) is 16.0. The molecule has 3 N–H and O–H groups in total. The molecule has 0 radical (unpaired) electrons. The minimum Gasteiger partial charge on any atom is -0.273 e. The van der Waals surface area contributed by atoms with Crippen LogP contribution >= 0.6 is 0 Å². The zero-order valence-corrected chi connectivity index (χ0v) is 13.1. The van der Waals surface area contributed by atoms with E-state index in [1.54, 1.807) is 0 Å². The number of nitrogens with one attached hydrogen (secondary N) is 3. The monoisotopic (exact) mass is 318 g/mol. The van der Waals surface area contributed by atoms with E-state index in [1.807, 2.05) is 0 Å². The molecule has 0 atom stereocenters. The molecule has 0 saturated heterocycles. The molecule has 4 bridgehead atoms. The molecular weight excluding hydrogens is 296 g/mol. The van der Waals surface area contributed by atoms with Gasteiger partial charge in [0.2, 0.25) is 11.8 Å². The topological polar surface area (TPSA) is 99.7 Å². The van der Waals surface area contributed by atoms with Gasteiger partial charge in [0.25, 0.3) is 5.91 Å². The highest BCUT2D eigenvalue weighted by atomic mass is 16.2. The first-order valence-corrected chi connectivity index (χ1v) is 8.50. The second-order valence-electron chi connectivity index (χ2n) is 7.70. The molecule has 5 aliphatic rings. The molecule has 1 aliphatic heterocycles. The Morgan fingerprint density at radius 2 is 1.61 bits per heavy atom. The minimum absolute atomic E-state index is 0.0506. The number of nitrogens with zero attached hydrogens (tertiary/aromatic N) is 1. The molecule has 1 heterocycles. The van der Waals surface area contributed by atoms with E-state index in [9.17, 15) is 14.4 Å². The van der Waals surface area contributed by atoms with Crippen molar-refractivity contribution < 1.29 is 14.4 Å². The summed E-state index contributed by atoms with van der Waals surface area (Å²) < 4.78 is 0. The van der Waals surface area contributed by atoms with Crippen LogP contribution in [0.3, 0.4) is 0 Å². The van der Waals surface area contributed by atoms with Crippen molar-refractivity contribution in [3.05, 3.63) is 0 Å². The third kappa shape index (κ3) is 2.62. The number of carbonyl (C=O) groups excluding carboxylic acids is 3. The summed E-state index contributed by atoms with van der Waals surface area (Å²) in [6, 6.07) is 0. The number of carbonyl (C=O) groups is 3. The van der Waals surface area contributed by atoms with Gasteiger partial charge in [-0.3, -0.25) is 25.2 Å². The maximum absolute atomic E-state index is 12.7. The van der Waals surface area contributed by atoms with Crippen molar-refractivity contribution >= 4 is 23.4 Å². The first kappa shape index (κ1) is 14.7. The molecule has 124 valence electrons. The second-order valence-corrected chi connectivity index (χ2v) is 7.70. The van der Waals surface area contributed by atoms with Gasteiger partial charge in [-0.1, -0.05) is 0 Å². The van der Waals surface area contributed by atoms with E-state index in [0.717, 1.165) is 19.3 Å². The van der Waals surface area contributed by atoms with Crippen molar-refractivity contribution in [3.63, 3.8) is 0 Å². The van der Waals surface area contributed by atoms with Crippen LogP contribution in [0.25, 0.3) is 0 Å². The third-order valence-electron chi connectivity index (χ3n) is 5.98. The van der Waals surface area contributed by atoms with Gasteiger partial charge in [-0.25, -0.2) is 5.43 Å². The Morgan fingerprint density at radius 3 is 2.13 bits per heavy atom. The summed E-state index contributed by atoms with van der Waals surface area (Å²) in [4.78, 5) is 35.8. The molecule has 5 rings (SSSR count). The molecule has 0 aromatic rings. The molecule has 4 fully saturated rings. The normalized spacial score (nSPS) is 37.8. The van der Waals surface area contributed by atoms with Crippen molar-refractivity contribution in [2.75, 3.05) is 0 Å². The van der Waals surface area contributed by atoms with Crippen LogP contribution in [0.4, 0.5) is 0 Å². The molecule has 0 aromatic heterocycles. The Balaban J connectivity index is 1.37. The van der Waals surface area contributed by atoms with Gasteiger partial charge in [0.1, 0.15) is 5.71 Å². The van der Waals surface area contributed by atoms with Crippen LogP contribution < -0.4 is 16.3 Å². The van der Waals surface area contributed by atoms with Crippen LogP contribution in [-0.2, 0) is 14.4 Å². The number of hydrazine groups is 1. The van der Waals surface area contributed by atoms with Gasteiger partial charge in [-0.05, 0) is 56.3 Å². The van der Waals surface area contributed by atoms with Gasteiger partial charge in [-0.15, -0.1) is 0 Å². The summed E-state index contributed by atoms with van der Waals surface area (Å²) >= 11 is 0. The lowest BCUT2D eigenvalue weighted by Gasteiger charge is -2.55. The number of hydrazone groups is 1. The molecule has 7 nitrogen and oxygen atoms in total. The summed E-state index contributed by atoms with van der Waals surface area (Å²) in [6.45, 7) is 0. The van der Waals surface area contributed by atoms with Gasteiger partial charge in [0.05, 0.1) is 5.41 Å². The van der Waals surface area contributed by atoms with Gasteiger partial charge >= 0.3 is 0 Å². The van der Waals surface area contributed by atoms with Crippen LogP contribution in [0, 0.1) is 23.2 Å².